The molecule has 26 heavy (non-hydrogen) atoms. The van der Waals surface area contributed by atoms with E-state index in [4.69, 9.17) is 0 Å². The lowest BCUT2D eigenvalue weighted by Crippen LogP contribution is -2.53. The molecule has 3 aromatic rings. The number of nitrogens with one attached hydrogen (secondary N) is 1. The quantitative estimate of drug-likeness (QED) is 0.702. The molecule has 10 nitrogen and oxygen atoms in total. The Balaban J connectivity index is 1.42. The van der Waals surface area contributed by atoms with Crippen molar-refractivity contribution < 1.29 is 4.79 Å². The Morgan fingerprint density at radius 2 is 2.12 bits per heavy atom. The van der Waals surface area contributed by atoms with Crippen molar-refractivity contribution in [2.45, 2.75) is 19.9 Å². The second kappa shape index (κ2) is 6.92. The molecule has 0 radical (unpaired) electrons. The van der Waals surface area contributed by atoms with Crippen LogP contribution in [-0.2, 0) is 4.79 Å². The maximum absolute atomic E-state index is 12.4. The van der Waals surface area contributed by atoms with Crippen LogP contribution >= 0.6 is 11.3 Å². The molecule has 1 N–H and O–H groups in total. The molecule has 0 bridgehead atoms. The van der Waals surface area contributed by atoms with Gasteiger partial charge in [0.25, 0.3) is 5.78 Å². The summed E-state index contributed by atoms with van der Waals surface area (Å²) >= 11 is 1.31. The van der Waals surface area contributed by atoms with Crippen molar-refractivity contribution in [3.05, 3.63) is 23.6 Å². The van der Waals surface area contributed by atoms with E-state index in [1.807, 2.05) is 19.9 Å². The summed E-state index contributed by atoms with van der Waals surface area (Å²) in [5, 5.41) is 15.2. The first-order valence-electron chi connectivity index (χ1n) is 8.35. The van der Waals surface area contributed by atoms with Gasteiger partial charge in [0.05, 0.1) is 6.04 Å². The van der Waals surface area contributed by atoms with Crippen molar-refractivity contribution >= 4 is 34.0 Å². The van der Waals surface area contributed by atoms with Crippen LogP contribution in [0.1, 0.15) is 12.6 Å². The van der Waals surface area contributed by atoms with Gasteiger partial charge in [-0.15, -0.1) is 10.2 Å². The number of aryl methyl sites for hydroxylation is 1. The molecule has 4 rings (SSSR count). The molecule has 4 heterocycles. The molecule has 1 aliphatic heterocycles. The van der Waals surface area contributed by atoms with Crippen LogP contribution in [-0.4, -0.2) is 72.8 Å². The smallest absolute Gasteiger partial charge is 0.254 e. The Morgan fingerprint density at radius 3 is 2.85 bits per heavy atom. The van der Waals surface area contributed by atoms with Crippen molar-refractivity contribution in [3.63, 3.8) is 0 Å². The maximum atomic E-state index is 12.4. The lowest BCUT2D eigenvalue weighted by atomic mass is 10.2. The molecule has 1 fully saturated rings. The number of carbonyl (C=O) groups is 1. The number of hydrogen-bond acceptors (Lipinski definition) is 9. The summed E-state index contributed by atoms with van der Waals surface area (Å²) in [6.45, 7) is 7.03. The lowest BCUT2D eigenvalue weighted by Gasteiger charge is -2.38. The van der Waals surface area contributed by atoms with Crippen LogP contribution in [0, 0.1) is 6.92 Å². The number of rotatable bonds is 4. The SMILES string of the molecule is Cc1cc(N2CCN(C(C)C(=O)Nc3nncs3)CC2)n2ncnc2n1. The normalized spacial score (nSPS) is 16.8. The fourth-order valence-corrected chi connectivity index (χ4v) is 3.53. The lowest BCUT2D eigenvalue weighted by molar-refractivity contribution is -0.120. The standard InChI is InChI=1S/C15H19N9OS/c1-10-7-12(24-14(19-10)16-8-18-24)23-5-3-22(4-6-23)11(2)13(25)20-15-21-17-9-26-15/h7-9,11H,3-6H2,1-2H3,(H,20,21,25). The Hall–Kier alpha value is -2.66. The summed E-state index contributed by atoms with van der Waals surface area (Å²) in [7, 11) is 0. The second-order valence-electron chi connectivity index (χ2n) is 6.16. The molecule has 0 aromatic carbocycles. The van der Waals surface area contributed by atoms with Gasteiger partial charge in [0, 0.05) is 37.9 Å². The number of nitrogens with zero attached hydrogens (tertiary/aromatic N) is 8. The molecule has 1 unspecified atom stereocenters. The van der Waals surface area contributed by atoms with Gasteiger partial charge in [-0.25, -0.2) is 4.98 Å². The number of amides is 1. The minimum Gasteiger partial charge on any atom is -0.354 e. The zero-order valence-corrected chi connectivity index (χ0v) is 15.3. The zero-order chi connectivity index (χ0) is 18.1. The molecule has 136 valence electrons. The fraction of sp³-hybridized carbons (Fsp3) is 0.467. The van der Waals surface area contributed by atoms with Crippen LogP contribution < -0.4 is 10.2 Å². The molecule has 3 aromatic heterocycles. The summed E-state index contributed by atoms with van der Waals surface area (Å²) in [4.78, 5) is 25.4. The summed E-state index contributed by atoms with van der Waals surface area (Å²) in [6, 6.07) is 1.79. The first-order chi connectivity index (χ1) is 12.6. The van der Waals surface area contributed by atoms with Crippen molar-refractivity contribution in [3.8, 4) is 0 Å². The number of carbonyl (C=O) groups excluding carboxylic acids is 1. The van der Waals surface area contributed by atoms with Gasteiger partial charge in [0.2, 0.25) is 11.0 Å². The topological polar surface area (TPSA) is 104 Å². The van der Waals surface area contributed by atoms with E-state index in [-0.39, 0.29) is 11.9 Å². The molecule has 0 aliphatic carbocycles. The monoisotopic (exact) mass is 373 g/mol. The first kappa shape index (κ1) is 16.8. The minimum atomic E-state index is -0.230. The van der Waals surface area contributed by atoms with Crippen LogP contribution in [0.25, 0.3) is 5.78 Å². The Kier molecular flexibility index (Phi) is 4.47. The number of fused-ring (bicyclic) bond motifs is 1. The zero-order valence-electron chi connectivity index (χ0n) is 14.5. The van der Waals surface area contributed by atoms with Gasteiger partial charge in [0.1, 0.15) is 17.7 Å². The van der Waals surface area contributed by atoms with Crippen LogP contribution in [0.3, 0.4) is 0 Å². The minimum absolute atomic E-state index is 0.0615. The largest absolute Gasteiger partial charge is 0.354 e. The highest BCUT2D eigenvalue weighted by Gasteiger charge is 2.27. The second-order valence-corrected chi connectivity index (χ2v) is 6.99. The van der Waals surface area contributed by atoms with E-state index in [1.54, 1.807) is 10.0 Å². The van der Waals surface area contributed by atoms with E-state index in [9.17, 15) is 4.79 Å². The molecular formula is C15H19N9OS. The third kappa shape index (κ3) is 3.22. The highest BCUT2D eigenvalue weighted by atomic mass is 32.1. The molecule has 1 saturated heterocycles. The van der Waals surface area contributed by atoms with Gasteiger partial charge in [-0.2, -0.15) is 14.6 Å². The fourth-order valence-electron chi connectivity index (χ4n) is 3.08. The number of piperazine rings is 1. The van der Waals surface area contributed by atoms with Gasteiger partial charge in [0.15, 0.2) is 0 Å². The average molecular weight is 373 g/mol. The van der Waals surface area contributed by atoms with Crippen LogP contribution in [0.15, 0.2) is 17.9 Å². The van der Waals surface area contributed by atoms with E-state index in [1.165, 1.54) is 17.7 Å². The molecule has 11 heteroatoms. The summed E-state index contributed by atoms with van der Waals surface area (Å²) in [6.07, 6.45) is 1.52. The highest BCUT2D eigenvalue weighted by Crippen LogP contribution is 2.19. The third-order valence-corrected chi connectivity index (χ3v) is 5.12. The van der Waals surface area contributed by atoms with E-state index >= 15 is 0 Å². The van der Waals surface area contributed by atoms with Crippen LogP contribution in [0.5, 0.6) is 0 Å². The highest BCUT2D eigenvalue weighted by molar-refractivity contribution is 7.13. The molecule has 1 amide bonds. The van der Waals surface area contributed by atoms with E-state index in [0.29, 0.717) is 10.9 Å². The van der Waals surface area contributed by atoms with E-state index < -0.39 is 0 Å². The molecule has 0 saturated carbocycles. The summed E-state index contributed by atoms with van der Waals surface area (Å²) in [5.74, 6) is 1.52. The average Bonchev–Trinajstić information content (AvgIpc) is 3.32. The summed E-state index contributed by atoms with van der Waals surface area (Å²) in [5.41, 5.74) is 2.51. The maximum Gasteiger partial charge on any atom is 0.254 e. The van der Waals surface area contributed by atoms with Gasteiger partial charge in [-0.3, -0.25) is 15.0 Å². The predicted molar refractivity (Wildman–Crippen MR) is 97.3 cm³/mol. The Morgan fingerprint density at radius 1 is 1.31 bits per heavy atom. The molecule has 1 atom stereocenters. The molecular weight excluding hydrogens is 354 g/mol. The third-order valence-electron chi connectivity index (χ3n) is 4.52. The van der Waals surface area contributed by atoms with Crippen molar-refractivity contribution in [1.82, 2.24) is 34.7 Å². The molecule has 1 aliphatic rings. The van der Waals surface area contributed by atoms with Gasteiger partial charge >= 0.3 is 0 Å². The van der Waals surface area contributed by atoms with Gasteiger partial charge in [-0.1, -0.05) is 11.3 Å². The van der Waals surface area contributed by atoms with Crippen LogP contribution in [0.4, 0.5) is 10.9 Å². The number of anilines is 2. The molecule has 0 spiro atoms. The van der Waals surface area contributed by atoms with Gasteiger partial charge in [-0.05, 0) is 13.8 Å². The Labute approximate surface area is 153 Å². The number of aromatic nitrogens is 6. The number of hydrogen-bond donors (Lipinski definition) is 1. The predicted octanol–water partition coefficient (Wildman–Crippen LogP) is 0.433. The summed E-state index contributed by atoms with van der Waals surface area (Å²) < 4.78 is 1.76. The van der Waals surface area contributed by atoms with Crippen molar-refractivity contribution in [2.75, 3.05) is 36.4 Å². The van der Waals surface area contributed by atoms with Crippen LogP contribution in [0.2, 0.25) is 0 Å². The van der Waals surface area contributed by atoms with E-state index in [2.05, 4.69) is 40.4 Å². The van der Waals surface area contributed by atoms with E-state index in [0.717, 1.165) is 37.7 Å². The Bertz CT molecular complexity index is 901. The van der Waals surface area contributed by atoms with Crippen molar-refractivity contribution in [2.24, 2.45) is 0 Å². The van der Waals surface area contributed by atoms with Crippen molar-refractivity contribution in [1.29, 1.82) is 0 Å². The first-order valence-corrected chi connectivity index (χ1v) is 9.23. The van der Waals surface area contributed by atoms with Gasteiger partial charge < -0.3 is 4.90 Å².